The molecule has 1 aromatic heterocycles. The lowest BCUT2D eigenvalue weighted by atomic mass is 10.1. The van der Waals surface area contributed by atoms with Gasteiger partial charge in [0.15, 0.2) is 0 Å². The Morgan fingerprint density at radius 3 is 2.82 bits per heavy atom. The minimum atomic E-state index is -0.209. The SMILES string of the molecule is Cc1[c]cc(-c2ccc(=O)n(CCO)n2)cc1. The van der Waals surface area contributed by atoms with Crippen LogP contribution in [0.1, 0.15) is 5.56 Å². The monoisotopic (exact) mass is 229 g/mol. The number of aromatic nitrogens is 2. The van der Waals surface area contributed by atoms with Gasteiger partial charge in [0.05, 0.1) is 18.8 Å². The summed E-state index contributed by atoms with van der Waals surface area (Å²) in [4.78, 5) is 11.4. The van der Waals surface area contributed by atoms with E-state index in [1.807, 2.05) is 25.1 Å². The Morgan fingerprint density at radius 2 is 2.18 bits per heavy atom. The summed E-state index contributed by atoms with van der Waals surface area (Å²) in [5.74, 6) is 0. The van der Waals surface area contributed by atoms with Gasteiger partial charge in [-0.25, -0.2) is 4.68 Å². The zero-order chi connectivity index (χ0) is 12.3. The lowest BCUT2D eigenvalue weighted by Gasteiger charge is -2.05. The number of nitrogens with zero attached hydrogens (tertiary/aromatic N) is 2. The zero-order valence-corrected chi connectivity index (χ0v) is 9.55. The van der Waals surface area contributed by atoms with Crippen molar-refractivity contribution in [2.75, 3.05) is 6.61 Å². The molecule has 1 radical (unpaired) electrons. The van der Waals surface area contributed by atoms with Gasteiger partial charge >= 0.3 is 0 Å². The predicted molar refractivity (Wildman–Crippen MR) is 64.6 cm³/mol. The van der Waals surface area contributed by atoms with Crippen LogP contribution >= 0.6 is 0 Å². The highest BCUT2D eigenvalue weighted by Crippen LogP contribution is 2.15. The maximum atomic E-state index is 11.4. The third-order valence-corrected chi connectivity index (χ3v) is 2.44. The van der Waals surface area contributed by atoms with Gasteiger partial charge in [-0.05, 0) is 30.7 Å². The standard InChI is InChI=1S/C13H13N2O2/c1-10-2-4-11(5-3-10)12-6-7-13(17)15(14-12)8-9-16/h2,4-7,16H,8-9H2,1H3. The van der Waals surface area contributed by atoms with Crippen molar-refractivity contribution in [1.82, 2.24) is 9.78 Å². The van der Waals surface area contributed by atoms with Crippen molar-refractivity contribution >= 4 is 0 Å². The molecule has 4 nitrogen and oxygen atoms in total. The fourth-order valence-corrected chi connectivity index (χ4v) is 1.52. The fourth-order valence-electron chi connectivity index (χ4n) is 1.52. The van der Waals surface area contributed by atoms with Gasteiger partial charge in [0, 0.05) is 11.6 Å². The quantitative estimate of drug-likeness (QED) is 0.854. The lowest BCUT2D eigenvalue weighted by molar-refractivity contribution is 0.266. The Kier molecular flexibility index (Phi) is 3.35. The van der Waals surface area contributed by atoms with Crippen molar-refractivity contribution in [3.63, 3.8) is 0 Å². The third-order valence-electron chi connectivity index (χ3n) is 2.44. The molecule has 0 bridgehead atoms. The van der Waals surface area contributed by atoms with Crippen LogP contribution in [0.25, 0.3) is 11.3 Å². The van der Waals surface area contributed by atoms with Gasteiger partial charge in [0.25, 0.3) is 5.56 Å². The van der Waals surface area contributed by atoms with Crippen LogP contribution in [-0.4, -0.2) is 21.5 Å². The number of aryl methyl sites for hydroxylation is 1. The Balaban J connectivity index is 2.42. The van der Waals surface area contributed by atoms with Gasteiger partial charge in [-0.2, -0.15) is 5.10 Å². The van der Waals surface area contributed by atoms with Crippen molar-refractivity contribution in [3.8, 4) is 11.3 Å². The van der Waals surface area contributed by atoms with Crippen LogP contribution in [-0.2, 0) is 6.54 Å². The smallest absolute Gasteiger partial charge is 0.266 e. The minimum Gasteiger partial charge on any atom is -0.394 e. The van der Waals surface area contributed by atoms with E-state index < -0.39 is 0 Å². The van der Waals surface area contributed by atoms with Crippen LogP contribution in [0.4, 0.5) is 0 Å². The first-order chi connectivity index (χ1) is 8.20. The van der Waals surface area contributed by atoms with Gasteiger partial charge in [-0.3, -0.25) is 4.79 Å². The molecule has 0 atom stereocenters. The fraction of sp³-hybridized carbons (Fsp3) is 0.231. The molecular weight excluding hydrogens is 216 g/mol. The van der Waals surface area contributed by atoms with E-state index in [0.29, 0.717) is 5.69 Å². The van der Waals surface area contributed by atoms with Crippen molar-refractivity contribution < 1.29 is 5.11 Å². The summed E-state index contributed by atoms with van der Waals surface area (Å²) in [5, 5.41) is 13.0. The number of rotatable bonds is 3. The molecule has 0 aliphatic rings. The summed E-state index contributed by atoms with van der Waals surface area (Å²) in [6.07, 6.45) is 0. The summed E-state index contributed by atoms with van der Waals surface area (Å²) in [6, 6.07) is 11.9. The molecule has 1 N–H and O–H groups in total. The summed E-state index contributed by atoms with van der Waals surface area (Å²) in [5.41, 5.74) is 2.45. The second kappa shape index (κ2) is 4.93. The first kappa shape index (κ1) is 11.5. The molecule has 87 valence electrons. The number of aliphatic hydroxyl groups excluding tert-OH is 1. The molecule has 4 heteroatoms. The summed E-state index contributed by atoms with van der Waals surface area (Å²) >= 11 is 0. The van der Waals surface area contributed by atoms with Crippen molar-refractivity contribution in [1.29, 1.82) is 0 Å². The molecule has 1 aromatic carbocycles. The number of hydrogen-bond donors (Lipinski definition) is 1. The summed E-state index contributed by atoms with van der Waals surface area (Å²) in [7, 11) is 0. The van der Waals surface area contributed by atoms with Gasteiger partial charge in [-0.1, -0.05) is 12.1 Å². The second-order valence-corrected chi connectivity index (χ2v) is 3.76. The first-order valence-corrected chi connectivity index (χ1v) is 5.38. The normalized spacial score (nSPS) is 10.5. The van der Waals surface area contributed by atoms with E-state index in [4.69, 9.17) is 5.11 Å². The van der Waals surface area contributed by atoms with E-state index in [-0.39, 0.29) is 18.7 Å². The minimum absolute atomic E-state index is 0.101. The van der Waals surface area contributed by atoms with E-state index in [1.165, 1.54) is 10.7 Å². The molecule has 0 unspecified atom stereocenters. The van der Waals surface area contributed by atoms with Crippen LogP contribution in [0, 0.1) is 13.0 Å². The Morgan fingerprint density at radius 1 is 1.35 bits per heavy atom. The molecule has 1 heterocycles. The molecule has 0 fully saturated rings. The Hall–Kier alpha value is -1.94. The molecule has 17 heavy (non-hydrogen) atoms. The zero-order valence-electron chi connectivity index (χ0n) is 9.55. The van der Waals surface area contributed by atoms with Gasteiger partial charge in [0.1, 0.15) is 0 Å². The molecule has 0 aliphatic carbocycles. The largest absolute Gasteiger partial charge is 0.394 e. The maximum absolute atomic E-state index is 11.4. The highest BCUT2D eigenvalue weighted by molar-refractivity contribution is 5.58. The number of hydrogen-bond acceptors (Lipinski definition) is 3. The Bertz CT molecular complexity index is 558. The molecule has 2 rings (SSSR count). The third kappa shape index (κ3) is 2.60. The molecular formula is C13H13N2O2. The highest BCUT2D eigenvalue weighted by Gasteiger charge is 2.02. The second-order valence-electron chi connectivity index (χ2n) is 3.76. The average Bonchev–Trinajstić information content (AvgIpc) is 2.33. The maximum Gasteiger partial charge on any atom is 0.266 e. The molecule has 0 spiro atoms. The van der Waals surface area contributed by atoms with E-state index in [9.17, 15) is 4.79 Å². The molecule has 2 aromatic rings. The van der Waals surface area contributed by atoms with Crippen molar-refractivity contribution in [2.24, 2.45) is 0 Å². The van der Waals surface area contributed by atoms with Gasteiger partial charge in [0.2, 0.25) is 0 Å². The summed E-state index contributed by atoms with van der Waals surface area (Å²) in [6.45, 7) is 2.07. The number of aliphatic hydroxyl groups is 1. The van der Waals surface area contributed by atoms with Crippen LogP contribution in [0.3, 0.4) is 0 Å². The predicted octanol–water partition coefficient (Wildman–Crippen LogP) is 1.01. The highest BCUT2D eigenvalue weighted by atomic mass is 16.3. The van der Waals surface area contributed by atoms with Crippen molar-refractivity contribution in [2.45, 2.75) is 13.5 Å². The number of benzene rings is 1. The van der Waals surface area contributed by atoms with E-state index >= 15 is 0 Å². The topological polar surface area (TPSA) is 55.1 Å². The van der Waals surface area contributed by atoms with E-state index in [2.05, 4.69) is 11.2 Å². The van der Waals surface area contributed by atoms with Gasteiger partial charge in [-0.15, -0.1) is 0 Å². The lowest BCUT2D eigenvalue weighted by Crippen LogP contribution is -2.23. The van der Waals surface area contributed by atoms with Crippen LogP contribution in [0.5, 0.6) is 0 Å². The van der Waals surface area contributed by atoms with Crippen molar-refractivity contribution in [3.05, 3.63) is 52.3 Å². The van der Waals surface area contributed by atoms with Gasteiger partial charge < -0.3 is 5.11 Å². The van der Waals surface area contributed by atoms with E-state index in [0.717, 1.165) is 11.1 Å². The summed E-state index contributed by atoms with van der Waals surface area (Å²) < 4.78 is 1.26. The van der Waals surface area contributed by atoms with Crippen LogP contribution in [0.2, 0.25) is 0 Å². The van der Waals surface area contributed by atoms with E-state index in [1.54, 1.807) is 6.07 Å². The molecule has 0 saturated heterocycles. The first-order valence-electron chi connectivity index (χ1n) is 5.38. The van der Waals surface area contributed by atoms with Crippen LogP contribution in [0.15, 0.2) is 35.1 Å². The van der Waals surface area contributed by atoms with Crippen LogP contribution < -0.4 is 5.56 Å². The molecule has 0 amide bonds. The molecule has 0 aliphatic heterocycles. The Labute approximate surface area is 99.2 Å². The average molecular weight is 229 g/mol. The molecule has 0 saturated carbocycles.